The predicted octanol–water partition coefficient (Wildman–Crippen LogP) is 18.4. The second-order valence-electron chi connectivity index (χ2n) is 17.7. The van der Waals surface area contributed by atoms with Crippen molar-refractivity contribution < 1.29 is 0 Å². The summed E-state index contributed by atoms with van der Waals surface area (Å²) in [7, 11) is 0. The SMILES string of the molecule is c1ccc(-c2ccc(-c3ccc4ccccc4c3)cc2N(c2ccc(-c3ccccc3-n3c4ccccc4c4ccccc43)cc2)c2ccc(-c3cc4ccccc4c4ccccc34)cc2)cc1. The van der Waals surface area contributed by atoms with Gasteiger partial charge in [-0.25, -0.2) is 0 Å². The Bertz CT molecular complexity index is 3960. The van der Waals surface area contributed by atoms with E-state index >= 15 is 0 Å². The van der Waals surface area contributed by atoms with Gasteiger partial charge < -0.3 is 9.47 Å². The Labute approximate surface area is 395 Å². The third-order valence-electron chi connectivity index (χ3n) is 13.8. The van der Waals surface area contributed by atoms with Crippen LogP contribution < -0.4 is 4.90 Å². The van der Waals surface area contributed by atoms with Crippen LogP contribution in [0.1, 0.15) is 0 Å². The van der Waals surface area contributed by atoms with Crippen molar-refractivity contribution in [3.05, 3.63) is 267 Å². The molecule has 0 saturated carbocycles. The van der Waals surface area contributed by atoms with Gasteiger partial charge in [-0.15, -0.1) is 0 Å². The van der Waals surface area contributed by atoms with Crippen molar-refractivity contribution in [2.75, 3.05) is 4.90 Å². The third kappa shape index (κ3) is 6.73. The van der Waals surface area contributed by atoms with Crippen LogP contribution in [0, 0.1) is 0 Å². The van der Waals surface area contributed by atoms with Gasteiger partial charge in [-0.05, 0) is 126 Å². The van der Waals surface area contributed by atoms with Gasteiger partial charge in [-0.3, -0.25) is 0 Å². The fraction of sp³-hybridized carbons (Fsp3) is 0. The lowest BCUT2D eigenvalue weighted by Crippen LogP contribution is -2.11. The molecule has 0 amide bonds. The molecule has 1 aromatic heterocycles. The number of para-hydroxylation sites is 3. The van der Waals surface area contributed by atoms with E-state index in [0.717, 1.165) is 45.0 Å². The lowest BCUT2D eigenvalue weighted by molar-refractivity contribution is 1.18. The van der Waals surface area contributed by atoms with Gasteiger partial charge in [0.2, 0.25) is 0 Å². The Morgan fingerprint density at radius 1 is 0.250 bits per heavy atom. The molecule has 13 rings (SSSR count). The molecule has 68 heavy (non-hydrogen) atoms. The van der Waals surface area contributed by atoms with Crippen molar-refractivity contribution in [3.63, 3.8) is 0 Å². The minimum Gasteiger partial charge on any atom is -0.310 e. The zero-order chi connectivity index (χ0) is 45.0. The summed E-state index contributed by atoms with van der Waals surface area (Å²) in [6.07, 6.45) is 0. The minimum atomic E-state index is 1.07. The van der Waals surface area contributed by atoms with Crippen LogP contribution in [-0.4, -0.2) is 4.57 Å². The van der Waals surface area contributed by atoms with Gasteiger partial charge in [0, 0.05) is 33.3 Å². The van der Waals surface area contributed by atoms with Crippen molar-refractivity contribution in [1.29, 1.82) is 0 Å². The standard InChI is InChI=1S/C66H44N2/c1-2-17-46(18-3-1)57-41-36-51(50-31-30-45-16-4-5-19-49(45)42-50)44-66(57)67(54-39-34-48(35-40-54)62-43-52-20-6-7-21-55(52)58-23-8-9-24-59(58)62)53-37-32-47(33-38-53)56-22-10-13-27-63(56)68-64-28-14-11-25-60(64)61-26-12-15-29-65(61)68/h1-44H. The lowest BCUT2D eigenvalue weighted by atomic mass is 9.93. The van der Waals surface area contributed by atoms with E-state index < -0.39 is 0 Å². The van der Waals surface area contributed by atoms with Crippen LogP contribution in [0.4, 0.5) is 17.1 Å². The Morgan fingerprint density at radius 3 is 1.44 bits per heavy atom. The van der Waals surface area contributed by atoms with Crippen LogP contribution in [0.3, 0.4) is 0 Å². The molecule has 0 unspecified atom stereocenters. The van der Waals surface area contributed by atoms with E-state index in [0.29, 0.717) is 0 Å². The Balaban J connectivity index is 0.990. The molecule has 0 fully saturated rings. The van der Waals surface area contributed by atoms with E-state index in [1.165, 1.54) is 76.4 Å². The summed E-state index contributed by atoms with van der Waals surface area (Å²) >= 11 is 0. The monoisotopic (exact) mass is 864 g/mol. The van der Waals surface area contributed by atoms with Gasteiger partial charge in [0.1, 0.15) is 0 Å². The molecule has 0 radical (unpaired) electrons. The van der Waals surface area contributed by atoms with Crippen LogP contribution in [0.2, 0.25) is 0 Å². The summed E-state index contributed by atoms with van der Waals surface area (Å²) in [5, 5.41) is 10.0. The number of rotatable bonds is 8. The van der Waals surface area contributed by atoms with Gasteiger partial charge in [-0.1, -0.05) is 206 Å². The number of benzene rings is 12. The summed E-state index contributed by atoms with van der Waals surface area (Å²) in [5.74, 6) is 0. The number of nitrogens with zero attached hydrogens (tertiary/aromatic N) is 2. The summed E-state index contributed by atoms with van der Waals surface area (Å²) in [5.41, 5.74) is 16.2. The largest absolute Gasteiger partial charge is 0.310 e. The van der Waals surface area contributed by atoms with Crippen LogP contribution in [-0.2, 0) is 0 Å². The first-order chi connectivity index (χ1) is 33.7. The number of aromatic nitrogens is 1. The van der Waals surface area contributed by atoms with Crippen LogP contribution in [0.25, 0.3) is 104 Å². The molecule has 0 bridgehead atoms. The first-order valence-corrected chi connectivity index (χ1v) is 23.4. The molecule has 2 heteroatoms. The van der Waals surface area contributed by atoms with Crippen molar-refractivity contribution in [3.8, 4) is 50.2 Å². The zero-order valence-electron chi connectivity index (χ0n) is 37.3. The molecule has 318 valence electrons. The summed E-state index contributed by atoms with van der Waals surface area (Å²) in [6.45, 7) is 0. The second kappa shape index (κ2) is 16.5. The highest BCUT2D eigenvalue weighted by atomic mass is 15.1. The minimum absolute atomic E-state index is 1.07. The summed E-state index contributed by atoms with van der Waals surface area (Å²) < 4.78 is 2.42. The zero-order valence-corrected chi connectivity index (χ0v) is 37.3. The smallest absolute Gasteiger partial charge is 0.0546 e. The molecule has 0 atom stereocenters. The molecule has 2 nitrogen and oxygen atoms in total. The van der Waals surface area contributed by atoms with Crippen LogP contribution in [0.5, 0.6) is 0 Å². The molecule has 0 spiro atoms. The van der Waals surface area contributed by atoms with E-state index in [9.17, 15) is 0 Å². The second-order valence-corrected chi connectivity index (χ2v) is 17.7. The molecule has 0 aliphatic carbocycles. The Kier molecular flexibility index (Phi) is 9.54. The van der Waals surface area contributed by atoms with Gasteiger partial charge >= 0.3 is 0 Å². The van der Waals surface area contributed by atoms with E-state index in [-0.39, 0.29) is 0 Å². The molecule has 0 aliphatic heterocycles. The highest BCUT2D eigenvalue weighted by molar-refractivity contribution is 6.14. The third-order valence-corrected chi connectivity index (χ3v) is 13.8. The van der Waals surface area contributed by atoms with E-state index in [1.807, 2.05) is 0 Å². The normalized spacial score (nSPS) is 11.5. The van der Waals surface area contributed by atoms with E-state index in [2.05, 4.69) is 276 Å². The fourth-order valence-corrected chi connectivity index (χ4v) is 10.5. The number of anilines is 3. The van der Waals surface area contributed by atoms with E-state index in [4.69, 9.17) is 0 Å². The van der Waals surface area contributed by atoms with Crippen molar-refractivity contribution in [1.82, 2.24) is 4.57 Å². The molecular weight excluding hydrogens is 821 g/mol. The van der Waals surface area contributed by atoms with Crippen molar-refractivity contribution in [2.24, 2.45) is 0 Å². The summed E-state index contributed by atoms with van der Waals surface area (Å²) in [4.78, 5) is 2.44. The van der Waals surface area contributed by atoms with Gasteiger partial charge in [0.25, 0.3) is 0 Å². The molecule has 1 heterocycles. The average molecular weight is 865 g/mol. The molecule has 0 aliphatic rings. The van der Waals surface area contributed by atoms with Crippen molar-refractivity contribution in [2.45, 2.75) is 0 Å². The number of fused-ring (bicyclic) bond motifs is 7. The van der Waals surface area contributed by atoms with Crippen molar-refractivity contribution >= 4 is 71.2 Å². The molecule has 0 saturated heterocycles. The maximum Gasteiger partial charge on any atom is 0.0546 e. The quantitative estimate of drug-likeness (QED) is 0.138. The first-order valence-electron chi connectivity index (χ1n) is 23.4. The van der Waals surface area contributed by atoms with Gasteiger partial charge in [-0.2, -0.15) is 0 Å². The lowest BCUT2D eigenvalue weighted by Gasteiger charge is -2.29. The topological polar surface area (TPSA) is 8.17 Å². The van der Waals surface area contributed by atoms with Crippen LogP contribution >= 0.6 is 0 Å². The average Bonchev–Trinajstić information content (AvgIpc) is 3.75. The maximum absolute atomic E-state index is 2.44. The summed E-state index contributed by atoms with van der Waals surface area (Å²) in [6, 6.07) is 97.6. The highest BCUT2D eigenvalue weighted by Gasteiger charge is 2.21. The van der Waals surface area contributed by atoms with Crippen LogP contribution in [0.15, 0.2) is 267 Å². The molecule has 12 aromatic carbocycles. The first kappa shape index (κ1) is 39.4. The van der Waals surface area contributed by atoms with Gasteiger partial charge in [0.05, 0.1) is 22.4 Å². The van der Waals surface area contributed by atoms with E-state index in [1.54, 1.807) is 0 Å². The maximum atomic E-state index is 2.44. The number of hydrogen-bond acceptors (Lipinski definition) is 1. The Morgan fingerprint density at radius 2 is 0.735 bits per heavy atom. The Hall–Kier alpha value is -8.98. The predicted molar refractivity (Wildman–Crippen MR) is 290 cm³/mol. The highest BCUT2D eigenvalue weighted by Crippen LogP contribution is 2.45. The van der Waals surface area contributed by atoms with Gasteiger partial charge in [0.15, 0.2) is 0 Å². The molecular formula is C66H44N2. The number of hydrogen-bond donors (Lipinski definition) is 0. The molecule has 13 aromatic rings. The fourth-order valence-electron chi connectivity index (χ4n) is 10.5. The molecule has 0 N–H and O–H groups in total.